The van der Waals surface area contributed by atoms with Gasteiger partial charge in [-0.05, 0) is 37.0 Å². The zero-order chi connectivity index (χ0) is 16.6. The highest BCUT2D eigenvalue weighted by atomic mass is 32.2. The second kappa shape index (κ2) is 6.05. The van der Waals surface area contributed by atoms with Crippen molar-refractivity contribution >= 4 is 20.9 Å². The van der Waals surface area contributed by atoms with Crippen LogP contribution in [0.5, 0.6) is 0 Å². The largest absolute Gasteiger partial charge is 0.359 e. The fourth-order valence-electron chi connectivity index (χ4n) is 3.51. The number of pyridine rings is 1. The summed E-state index contributed by atoms with van der Waals surface area (Å²) in [7, 11) is -3.26. The number of aromatic nitrogens is 4. The third-order valence-corrected chi connectivity index (χ3v) is 6.66. The van der Waals surface area contributed by atoms with Crippen LogP contribution in [0.25, 0.3) is 22.4 Å². The van der Waals surface area contributed by atoms with Gasteiger partial charge in [-0.3, -0.25) is 5.10 Å². The molecule has 3 aromatic rings. The molecule has 1 fully saturated rings. The molecule has 0 atom stereocenters. The molecule has 0 saturated heterocycles. The quantitative estimate of drug-likeness (QED) is 0.759. The first-order valence-corrected chi connectivity index (χ1v) is 9.99. The fourth-order valence-corrected chi connectivity index (χ4v) is 5.20. The van der Waals surface area contributed by atoms with Gasteiger partial charge in [0.2, 0.25) is 0 Å². The third kappa shape index (κ3) is 2.84. The van der Waals surface area contributed by atoms with Crippen molar-refractivity contribution in [2.24, 2.45) is 5.92 Å². The van der Waals surface area contributed by atoms with Crippen LogP contribution in [0.2, 0.25) is 0 Å². The Labute approximate surface area is 140 Å². The van der Waals surface area contributed by atoms with Gasteiger partial charge in [0, 0.05) is 17.8 Å². The van der Waals surface area contributed by atoms with Crippen molar-refractivity contribution in [2.75, 3.05) is 5.75 Å². The van der Waals surface area contributed by atoms with E-state index in [4.69, 9.17) is 0 Å². The zero-order valence-corrected chi connectivity index (χ0v) is 14.1. The van der Waals surface area contributed by atoms with E-state index in [0.29, 0.717) is 22.2 Å². The molecule has 2 N–H and O–H groups in total. The third-order valence-electron chi connectivity index (χ3n) is 4.79. The summed E-state index contributed by atoms with van der Waals surface area (Å²) < 4.78 is 25.4. The van der Waals surface area contributed by atoms with Crippen LogP contribution in [0.1, 0.15) is 32.1 Å². The van der Waals surface area contributed by atoms with E-state index in [2.05, 4.69) is 20.2 Å². The summed E-state index contributed by atoms with van der Waals surface area (Å²) >= 11 is 0. The molecule has 0 unspecified atom stereocenters. The van der Waals surface area contributed by atoms with Crippen LogP contribution in [-0.2, 0) is 9.84 Å². The highest BCUT2D eigenvalue weighted by molar-refractivity contribution is 7.91. The molecule has 126 valence electrons. The predicted molar refractivity (Wildman–Crippen MR) is 92.3 cm³/mol. The standard InChI is InChI=1S/C17H20N4O2S/c22-24(23,11-12-5-2-1-3-6-12)13-9-15(19-10-13)16-14-7-4-8-18-17(14)21-20-16/h4,7-10,12,19H,1-3,5-6,11H2,(H,18,20,21). The molecule has 0 aromatic carbocycles. The zero-order valence-electron chi connectivity index (χ0n) is 13.3. The van der Waals surface area contributed by atoms with Crippen LogP contribution < -0.4 is 0 Å². The van der Waals surface area contributed by atoms with Gasteiger partial charge in [-0.2, -0.15) is 5.10 Å². The van der Waals surface area contributed by atoms with Crippen molar-refractivity contribution in [2.45, 2.75) is 37.0 Å². The van der Waals surface area contributed by atoms with Crippen molar-refractivity contribution in [3.63, 3.8) is 0 Å². The molecule has 0 spiro atoms. The molecule has 3 heterocycles. The Morgan fingerprint density at radius 1 is 1.21 bits per heavy atom. The number of aromatic amines is 2. The topological polar surface area (TPSA) is 91.5 Å². The smallest absolute Gasteiger partial charge is 0.181 e. The van der Waals surface area contributed by atoms with Crippen LogP contribution in [0, 0.1) is 5.92 Å². The van der Waals surface area contributed by atoms with E-state index in [1.165, 1.54) is 6.42 Å². The number of H-pyrrole nitrogens is 2. The number of fused-ring (bicyclic) bond motifs is 1. The van der Waals surface area contributed by atoms with Crippen LogP contribution in [-0.4, -0.2) is 34.3 Å². The monoisotopic (exact) mass is 344 g/mol. The Morgan fingerprint density at radius 2 is 2.04 bits per heavy atom. The minimum absolute atomic E-state index is 0.246. The second-order valence-electron chi connectivity index (χ2n) is 6.51. The molecule has 7 heteroatoms. The van der Waals surface area contributed by atoms with Gasteiger partial charge in [0.15, 0.2) is 15.5 Å². The predicted octanol–water partition coefficient (Wildman–Crippen LogP) is 3.31. The summed E-state index contributed by atoms with van der Waals surface area (Å²) in [5.74, 6) is 0.537. The molecule has 1 aliphatic carbocycles. The van der Waals surface area contributed by atoms with E-state index in [9.17, 15) is 8.42 Å². The van der Waals surface area contributed by atoms with E-state index in [0.717, 1.165) is 36.8 Å². The maximum absolute atomic E-state index is 12.7. The Bertz CT molecular complexity index is 952. The van der Waals surface area contributed by atoms with Gasteiger partial charge < -0.3 is 4.98 Å². The first-order chi connectivity index (χ1) is 11.6. The molecule has 0 aliphatic heterocycles. The lowest BCUT2D eigenvalue weighted by atomic mass is 9.91. The van der Waals surface area contributed by atoms with Gasteiger partial charge in [0.1, 0.15) is 0 Å². The number of sulfone groups is 1. The number of nitrogens with one attached hydrogen (secondary N) is 2. The molecule has 3 aromatic heterocycles. The van der Waals surface area contributed by atoms with Crippen molar-refractivity contribution in [1.29, 1.82) is 0 Å². The normalized spacial score (nSPS) is 16.7. The fraction of sp³-hybridized carbons (Fsp3) is 0.412. The number of hydrogen-bond acceptors (Lipinski definition) is 4. The summed E-state index contributed by atoms with van der Waals surface area (Å²) in [5.41, 5.74) is 2.10. The molecule has 24 heavy (non-hydrogen) atoms. The first kappa shape index (κ1) is 15.4. The lowest BCUT2D eigenvalue weighted by Gasteiger charge is -2.20. The Kier molecular flexibility index (Phi) is 3.88. The van der Waals surface area contributed by atoms with Crippen molar-refractivity contribution in [3.8, 4) is 11.4 Å². The number of hydrogen-bond donors (Lipinski definition) is 2. The van der Waals surface area contributed by atoms with Gasteiger partial charge in [-0.25, -0.2) is 13.4 Å². The summed E-state index contributed by atoms with van der Waals surface area (Å²) in [4.78, 5) is 7.61. The SMILES string of the molecule is O=S(=O)(CC1CCCCC1)c1c[nH]c(-c2[nH]nc3ncccc23)c1. The molecule has 1 saturated carbocycles. The van der Waals surface area contributed by atoms with Gasteiger partial charge in [-0.15, -0.1) is 0 Å². The Morgan fingerprint density at radius 3 is 2.88 bits per heavy atom. The van der Waals surface area contributed by atoms with Crippen LogP contribution in [0.15, 0.2) is 35.5 Å². The highest BCUT2D eigenvalue weighted by Gasteiger charge is 2.24. The minimum Gasteiger partial charge on any atom is -0.359 e. The number of nitrogens with zero attached hydrogens (tertiary/aromatic N) is 2. The van der Waals surface area contributed by atoms with Gasteiger partial charge in [0.25, 0.3) is 0 Å². The number of rotatable bonds is 4. The van der Waals surface area contributed by atoms with Crippen LogP contribution >= 0.6 is 0 Å². The Hall–Kier alpha value is -2.15. The summed E-state index contributed by atoms with van der Waals surface area (Å²) in [6, 6.07) is 5.45. The molecule has 0 amide bonds. The minimum atomic E-state index is -3.26. The maximum Gasteiger partial charge on any atom is 0.181 e. The van der Waals surface area contributed by atoms with E-state index < -0.39 is 9.84 Å². The van der Waals surface area contributed by atoms with Crippen molar-refractivity contribution in [1.82, 2.24) is 20.2 Å². The first-order valence-electron chi connectivity index (χ1n) is 8.34. The van der Waals surface area contributed by atoms with Gasteiger partial charge in [-0.1, -0.05) is 19.3 Å². The summed E-state index contributed by atoms with van der Waals surface area (Å²) in [6.45, 7) is 0. The average molecular weight is 344 g/mol. The van der Waals surface area contributed by atoms with E-state index >= 15 is 0 Å². The van der Waals surface area contributed by atoms with E-state index in [1.807, 2.05) is 12.1 Å². The van der Waals surface area contributed by atoms with Crippen LogP contribution in [0.4, 0.5) is 0 Å². The Balaban J connectivity index is 1.62. The molecular weight excluding hydrogens is 324 g/mol. The second-order valence-corrected chi connectivity index (χ2v) is 8.54. The highest BCUT2D eigenvalue weighted by Crippen LogP contribution is 2.29. The molecule has 0 bridgehead atoms. The lowest BCUT2D eigenvalue weighted by Crippen LogP contribution is -2.18. The van der Waals surface area contributed by atoms with Crippen LogP contribution in [0.3, 0.4) is 0 Å². The van der Waals surface area contributed by atoms with Crippen molar-refractivity contribution < 1.29 is 8.42 Å². The van der Waals surface area contributed by atoms with Gasteiger partial charge in [0.05, 0.1) is 22.0 Å². The summed E-state index contributed by atoms with van der Waals surface area (Å²) in [5, 5.41) is 7.96. The lowest BCUT2D eigenvalue weighted by molar-refractivity contribution is 0.385. The van der Waals surface area contributed by atoms with Crippen molar-refractivity contribution in [3.05, 3.63) is 30.6 Å². The maximum atomic E-state index is 12.7. The molecule has 0 radical (unpaired) electrons. The average Bonchev–Trinajstić information content (AvgIpc) is 3.22. The molecule has 6 nitrogen and oxygen atoms in total. The van der Waals surface area contributed by atoms with E-state index in [-0.39, 0.29) is 5.75 Å². The van der Waals surface area contributed by atoms with E-state index in [1.54, 1.807) is 18.5 Å². The summed E-state index contributed by atoms with van der Waals surface area (Å²) in [6.07, 6.45) is 8.82. The molecule has 4 rings (SSSR count). The molecule has 1 aliphatic rings. The molecular formula is C17H20N4O2S. The van der Waals surface area contributed by atoms with Gasteiger partial charge >= 0.3 is 0 Å².